The Bertz CT molecular complexity index is 761. The third kappa shape index (κ3) is 3.68. The zero-order valence-corrected chi connectivity index (χ0v) is 14.8. The molecule has 0 spiro atoms. The van der Waals surface area contributed by atoms with E-state index < -0.39 is 23.6 Å². The van der Waals surface area contributed by atoms with Crippen LogP contribution in [0.15, 0.2) is 24.4 Å². The van der Waals surface area contributed by atoms with Crippen molar-refractivity contribution in [2.45, 2.75) is 44.3 Å². The summed E-state index contributed by atoms with van der Waals surface area (Å²) >= 11 is 1.32. The molecule has 0 radical (unpaired) electrons. The van der Waals surface area contributed by atoms with Crippen LogP contribution in [0.5, 0.6) is 0 Å². The minimum absolute atomic E-state index is 0.247. The van der Waals surface area contributed by atoms with E-state index in [-0.39, 0.29) is 12.8 Å². The largest absolute Gasteiger partial charge is 0.481 e. The SMILES string of the molecule is Cc1cc(N)cc(-c2cnc(C(O)C3(O)CCC(C(=O)O)CC3)s2)c1. The lowest BCUT2D eigenvalue weighted by Crippen LogP contribution is -2.41. The van der Waals surface area contributed by atoms with Gasteiger partial charge in [0.2, 0.25) is 0 Å². The Morgan fingerprint density at radius 3 is 2.64 bits per heavy atom. The molecule has 0 saturated heterocycles. The topological polar surface area (TPSA) is 117 Å². The number of nitrogens with zero attached hydrogens (tertiary/aromatic N) is 1. The first-order valence-electron chi connectivity index (χ1n) is 8.25. The minimum Gasteiger partial charge on any atom is -0.481 e. The van der Waals surface area contributed by atoms with Gasteiger partial charge in [-0.2, -0.15) is 0 Å². The summed E-state index contributed by atoms with van der Waals surface area (Å²) in [4.78, 5) is 16.2. The average Bonchev–Trinajstić information content (AvgIpc) is 3.03. The van der Waals surface area contributed by atoms with Crippen molar-refractivity contribution in [1.82, 2.24) is 4.98 Å². The zero-order chi connectivity index (χ0) is 18.2. The van der Waals surface area contributed by atoms with Crippen molar-refractivity contribution in [3.63, 3.8) is 0 Å². The molecule has 1 aliphatic carbocycles. The third-order valence-electron chi connectivity index (χ3n) is 4.85. The maximum atomic E-state index is 11.1. The highest BCUT2D eigenvalue weighted by molar-refractivity contribution is 7.15. The van der Waals surface area contributed by atoms with E-state index in [2.05, 4.69) is 4.98 Å². The molecular weight excluding hydrogens is 340 g/mol. The summed E-state index contributed by atoms with van der Waals surface area (Å²) in [6.07, 6.45) is 1.76. The van der Waals surface area contributed by atoms with Crippen LogP contribution in [0, 0.1) is 12.8 Å². The second kappa shape index (κ2) is 6.74. The molecule has 1 saturated carbocycles. The van der Waals surface area contributed by atoms with Gasteiger partial charge < -0.3 is 21.1 Å². The molecule has 1 heterocycles. The Morgan fingerprint density at radius 1 is 1.36 bits per heavy atom. The van der Waals surface area contributed by atoms with Gasteiger partial charge in [0.1, 0.15) is 11.1 Å². The summed E-state index contributed by atoms with van der Waals surface area (Å²) in [5, 5.41) is 30.9. The smallest absolute Gasteiger partial charge is 0.306 e. The number of rotatable bonds is 4. The van der Waals surface area contributed by atoms with Crippen LogP contribution in [0.25, 0.3) is 10.4 Å². The number of benzene rings is 1. The second-order valence-corrected chi connectivity index (χ2v) is 7.88. The van der Waals surface area contributed by atoms with Crippen molar-refractivity contribution in [2.24, 2.45) is 5.92 Å². The maximum absolute atomic E-state index is 11.1. The first-order chi connectivity index (χ1) is 11.8. The van der Waals surface area contributed by atoms with E-state index in [4.69, 9.17) is 10.8 Å². The molecule has 25 heavy (non-hydrogen) atoms. The van der Waals surface area contributed by atoms with Crippen LogP contribution in [0.4, 0.5) is 5.69 Å². The van der Waals surface area contributed by atoms with Gasteiger partial charge in [-0.3, -0.25) is 4.79 Å². The monoisotopic (exact) mass is 362 g/mol. The Balaban J connectivity index is 1.79. The summed E-state index contributed by atoms with van der Waals surface area (Å²) in [7, 11) is 0. The minimum atomic E-state index is -1.33. The molecular formula is C18H22N2O4S. The van der Waals surface area contributed by atoms with Gasteiger partial charge in [0.15, 0.2) is 0 Å². The first kappa shape index (κ1) is 17.8. The molecule has 7 heteroatoms. The molecule has 1 aromatic carbocycles. The normalized spacial score (nSPS) is 24.8. The van der Waals surface area contributed by atoms with E-state index in [0.717, 1.165) is 16.0 Å². The Labute approximate surface area is 150 Å². The van der Waals surface area contributed by atoms with Gasteiger partial charge in [-0.1, -0.05) is 6.07 Å². The molecule has 0 bridgehead atoms. The fraction of sp³-hybridized carbons (Fsp3) is 0.444. The second-order valence-electron chi connectivity index (χ2n) is 6.81. The predicted molar refractivity (Wildman–Crippen MR) is 96.2 cm³/mol. The summed E-state index contributed by atoms with van der Waals surface area (Å²) in [6.45, 7) is 1.96. The molecule has 1 aromatic heterocycles. The number of aliphatic hydroxyl groups is 2. The third-order valence-corrected chi connectivity index (χ3v) is 5.95. The molecule has 1 aliphatic rings. The quantitative estimate of drug-likeness (QED) is 0.621. The fourth-order valence-electron chi connectivity index (χ4n) is 3.37. The van der Waals surface area contributed by atoms with Gasteiger partial charge in [0.05, 0.1) is 16.4 Å². The lowest BCUT2D eigenvalue weighted by atomic mass is 9.76. The number of anilines is 1. The molecule has 5 N–H and O–H groups in total. The summed E-state index contributed by atoms with van der Waals surface area (Å²) < 4.78 is 0. The molecule has 2 aromatic rings. The van der Waals surface area contributed by atoms with Gasteiger partial charge in [-0.25, -0.2) is 4.98 Å². The number of carboxylic acid groups (broad SMARTS) is 1. The lowest BCUT2D eigenvalue weighted by molar-refractivity contribution is -0.149. The van der Waals surface area contributed by atoms with Crippen LogP contribution < -0.4 is 5.73 Å². The summed E-state index contributed by atoms with van der Waals surface area (Å²) in [6, 6.07) is 5.72. The molecule has 0 aliphatic heterocycles. The highest BCUT2D eigenvalue weighted by Gasteiger charge is 2.43. The van der Waals surface area contributed by atoms with Crippen molar-refractivity contribution >= 4 is 23.0 Å². The molecule has 3 rings (SSSR count). The van der Waals surface area contributed by atoms with Gasteiger partial charge in [-0.15, -0.1) is 11.3 Å². The van der Waals surface area contributed by atoms with Crippen molar-refractivity contribution < 1.29 is 20.1 Å². The van der Waals surface area contributed by atoms with Crippen molar-refractivity contribution in [3.05, 3.63) is 35.0 Å². The molecule has 1 unspecified atom stereocenters. The first-order valence-corrected chi connectivity index (χ1v) is 9.07. The number of thiazole rings is 1. The molecule has 134 valence electrons. The van der Waals surface area contributed by atoms with E-state index in [1.54, 1.807) is 6.20 Å². The summed E-state index contributed by atoms with van der Waals surface area (Å²) in [5.74, 6) is -1.29. The lowest BCUT2D eigenvalue weighted by Gasteiger charge is -2.37. The van der Waals surface area contributed by atoms with Crippen molar-refractivity contribution in [2.75, 3.05) is 5.73 Å². The number of nitrogen functional groups attached to an aromatic ring is 1. The van der Waals surface area contributed by atoms with Crippen molar-refractivity contribution in [1.29, 1.82) is 0 Å². The van der Waals surface area contributed by atoms with E-state index in [0.29, 0.717) is 23.5 Å². The molecule has 0 amide bonds. The molecule has 6 nitrogen and oxygen atoms in total. The Morgan fingerprint density at radius 2 is 2.04 bits per heavy atom. The molecule has 1 atom stereocenters. The summed E-state index contributed by atoms with van der Waals surface area (Å²) in [5.41, 5.74) is 7.19. The number of aryl methyl sites for hydroxylation is 1. The van der Waals surface area contributed by atoms with Crippen LogP contribution in [-0.4, -0.2) is 31.9 Å². The number of aliphatic hydroxyl groups excluding tert-OH is 1. The van der Waals surface area contributed by atoms with Gasteiger partial charge >= 0.3 is 5.97 Å². The van der Waals surface area contributed by atoms with Crippen LogP contribution in [0.2, 0.25) is 0 Å². The number of hydrogen-bond acceptors (Lipinski definition) is 6. The number of hydrogen-bond donors (Lipinski definition) is 4. The standard InChI is InChI=1S/C18H22N2O4S/c1-10-6-12(8-13(19)7-10)14-9-20-16(25-14)15(21)18(24)4-2-11(3-5-18)17(22)23/h6-9,11,15,21,24H,2-5,19H2,1H3,(H,22,23). The number of carboxylic acids is 1. The van der Waals surface area contributed by atoms with Crippen LogP contribution in [0.3, 0.4) is 0 Å². The number of aliphatic carboxylic acids is 1. The Hall–Kier alpha value is -1.96. The maximum Gasteiger partial charge on any atom is 0.306 e. The van der Waals surface area contributed by atoms with Gasteiger partial charge in [-0.05, 0) is 55.9 Å². The van der Waals surface area contributed by atoms with E-state index in [1.165, 1.54) is 11.3 Å². The van der Waals surface area contributed by atoms with E-state index >= 15 is 0 Å². The Kier molecular flexibility index (Phi) is 4.81. The zero-order valence-electron chi connectivity index (χ0n) is 14.0. The fourth-order valence-corrected chi connectivity index (χ4v) is 4.37. The van der Waals surface area contributed by atoms with Crippen molar-refractivity contribution in [3.8, 4) is 10.4 Å². The highest BCUT2D eigenvalue weighted by atomic mass is 32.1. The number of nitrogens with two attached hydrogens (primary N) is 1. The number of aromatic nitrogens is 1. The van der Waals surface area contributed by atoms with Crippen LogP contribution in [0.1, 0.15) is 42.4 Å². The predicted octanol–water partition coefficient (Wildman–Crippen LogP) is 2.74. The highest BCUT2D eigenvalue weighted by Crippen LogP contribution is 2.42. The number of carbonyl (C=O) groups is 1. The van der Waals surface area contributed by atoms with Gasteiger partial charge in [0, 0.05) is 11.9 Å². The van der Waals surface area contributed by atoms with Gasteiger partial charge in [0.25, 0.3) is 0 Å². The van der Waals surface area contributed by atoms with Crippen LogP contribution >= 0.6 is 11.3 Å². The average molecular weight is 362 g/mol. The molecule has 1 fully saturated rings. The van der Waals surface area contributed by atoms with Crippen LogP contribution in [-0.2, 0) is 4.79 Å². The van der Waals surface area contributed by atoms with E-state index in [9.17, 15) is 15.0 Å². The van der Waals surface area contributed by atoms with E-state index in [1.807, 2.05) is 25.1 Å².